The Labute approximate surface area is 183 Å². The summed E-state index contributed by atoms with van der Waals surface area (Å²) in [5.41, 5.74) is 2.78. The summed E-state index contributed by atoms with van der Waals surface area (Å²) in [6.45, 7) is 0.379. The highest BCUT2D eigenvalue weighted by molar-refractivity contribution is 7.89. The topological polar surface area (TPSA) is 99.5 Å². The number of sulfonamides is 1. The van der Waals surface area contributed by atoms with Crippen LogP contribution in [0.1, 0.15) is 43.2 Å². The van der Waals surface area contributed by atoms with Crippen LogP contribution in [0.3, 0.4) is 0 Å². The zero-order chi connectivity index (χ0) is 22.1. The lowest BCUT2D eigenvalue weighted by atomic mass is 9.67. The van der Waals surface area contributed by atoms with Crippen LogP contribution in [0, 0.1) is 5.92 Å². The average molecular weight is 448 g/mol. The third kappa shape index (κ3) is 4.48. The van der Waals surface area contributed by atoms with Gasteiger partial charge in [-0.05, 0) is 73.3 Å². The number of nitrogens with zero attached hydrogens (tertiary/aromatic N) is 2. The van der Waals surface area contributed by atoms with Gasteiger partial charge < -0.3 is 9.47 Å². The van der Waals surface area contributed by atoms with Gasteiger partial charge in [-0.25, -0.2) is 13.1 Å². The van der Waals surface area contributed by atoms with E-state index in [1.165, 1.54) is 29.0 Å². The lowest BCUT2D eigenvalue weighted by Gasteiger charge is -2.37. The fourth-order valence-corrected chi connectivity index (χ4v) is 5.89. The number of nitrogens with one attached hydrogen (secondary N) is 1. The second kappa shape index (κ2) is 8.63. The second-order valence-electron chi connectivity index (χ2n) is 8.47. The molecular weight excluding hydrogens is 418 g/mol. The van der Waals surface area contributed by atoms with Crippen LogP contribution in [0.5, 0.6) is 5.75 Å². The maximum Gasteiger partial charge on any atom is 0.308 e. The number of aryl methyl sites for hydroxylation is 2. The highest BCUT2D eigenvalue weighted by Gasteiger charge is 2.43. The Kier molecular flexibility index (Phi) is 6.07. The molecule has 1 aromatic heterocycles. The Hall–Kier alpha value is -2.39. The maximum atomic E-state index is 12.2. The minimum Gasteiger partial charge on any atom is -0.492 e. The van der Waals surface area contributed by atoms with Crippen LogP contribution in [-0.4, -0.2) is 44.4 Å². The normalized spacial score (nSPS) is 23.0. The fraction of sp³-hybridized carbons (Fsp3) is 0.545. The second-order valence-corrected chi connectivity index (χ2v) is 10.2. The molecule has 0 radical (unpaired) electrons. The van der Waals surface area contributed by atoms with Gasteiger partial charge in [-0.3, -0.25) is 9.48 Å². The van der Waals surface area contributed by atoms with Crippen LogP contribution in [0.2, 0.25) is 0 Å². The summed E-state index contributed by atoms with van der Waals surface area (Å²) in [5, 5.41) is 3.92. The molecule has 168 valence electrons. The molecule has 0 atom stereocenters. The predicted octanol–water partition coefficient (Wildman–Crippen LogP) is 2.32. The van der Waals surface area contributed by atoms with Gasteiger partial charge in [-0.15, -0.1) is 0 Å². The summed E-state index contributed by atoms with van der Waals surface area (Å²) in [7, 11) is -0.513. The van der Waals surface area contributed by atoms with Crippen molar-refractivity contribution >= 4 is 16.0 Å². The van der Waals surface area contributed by atoms with Crippen molar-refractivity contribution in [1.82, 2.24) is 14.5 Å². The molecule has 1 fully saturated rings. The van der Waals surface area contributed by atoms with Crippen molar-refractivity contribution in [3.63, 3.8) is 0 Å². The molecule has 0 unspecified atom stereocenters. The molecule has 1 heterocycles. The number of carbonyl (C=O) groups is 1. The number of rotatable bonds is 7. The van der Waals surface area contributed by atoms with Gasteiger partial charge in [0.05, 0.1) is 13.0 Å². The number of carbonyl (C=O) groups excluding carboxylic acids is 1. The van der Waals surface area contributed by atoms with Crippen molar-refractivity contribution < 1.29 is 22.7 Å². The van der Waals surface area contributed by atoms with Crippen molar-refractivity contribution in [2.24, 2.45) is 13.0 Å². The number of benzene rings is 1. The van der Waals surface area contributed by atoms with E-state index in [9.17, 15) is 13.2 Å². The first kappa shape index (κ1) is 21.8. The van der Waals surface area contributed by atoms with Crippen molar-refractivity contribution in [3.8, 4) is 5.75 Å². The van der Waals surface area contributed by atoms with E-state index in [-0.39, 0.29) is 35.5 Å². The lowest BCUT2D eigenvalue weighted by Crippen LogP contribution is -2.32. The molecule has 1 aromatic carbocycles. The van der Waals surface area contributed by atoms with E-state index in [0.717, 1.165) is 44.3 Å². The number of hydrogen-bond acceptors (Lipinski definition) is 6. The van der Waals surface area contributed by atoms with E-state index in [1.54, 1.807) is 13.2 Å². The first-order chi connectivity index (χ1) is 14.8. The predicted molar refractivity (Wildman–Crippen MR) is 114 cm³/mol. The Morgan fingerprint density at radius 3 is 2.71 bits per heavy atom. The van der Waals surface area contributed by atoms with Gasteiger partial charge in [0.15, 0.2) is 5.03 Å². The van der Waals surface area contributed by atoms with Crippen LogP contribution in [0.15, 0.2) is 35.5 Å². The third-order valence-corrected chi connectivity index (χ3v) is 7.98. The van der Waals surface area contributed by atoms with Crippen LogP contribution < -0.4 is 9.46 Å². The molecule has 1 N–H and O–H groups in total. The number of esters is 1. The molecule has 1 saturated carbocycles. The van der Waals surface area contributed by atoms with Crippen molar-refractivity contribution in [2.45, 2.75) is 49.0 Å². The van der Waals surface area contributed by atoms with Crippen LogP contribution >= 0.6 is 0 Å². The van der Waals surface area contributed by atoms with E-state index >= 15 is 0 Å². The van der Waals surface area contributed by atoms with E-state index in [0.29, 0.717) is 0 Å². The number of ether oxygens (including phenoxy) is 2. The standard InChI is InChI=1S/C22H29N3O5S/c1-25-13-8-20(24-25)31(27,28)23-12-14-30-18-4-3-16-5-9-22(19(16)15-18)10-6-17(7-11-22)21(26)29-2/h3-4,8,13,15,17,23H,5-7,9-12,14H2,1-2H3. The Morgan fingerprint density at radius 2 is 2.03 bits per heavy atom. The van der Waals surface area contributed by atoms with Gasteiger partial charge in [0.2, 0.25) is 0 Å². The quantitative estimate of drug-likeness (QED) is 0.517. The molecule has 4 rings (SSSR count). The molecule has 0 bridgehead atoms. The summed E-state index contributed by atoms with van der Waals surface area (Å²) in [4.78, 5) is 11.9. The van der Waals surface area contributed by atoms with Crippen LogP contribution in [0.4, 0.5) is 0 Å². The summed E-state index contributed by atoms with van der Waals surface area (Å²) < 4.78 is 39.2. The Morgan fingerprint density at radius 1 is 1.26 bits per heavy atom. The summed E-state index contributed by atoms with van der Waals surface area (Å²) in [5.74, 6) is 0.650. The minimum absolute atomic E-state index is 0.00275. The Bertz CT molecular complexity index is 1050. The first-order valence-electron chi connectivity index (χ1n) is 10.7. The summed E-state index contributed by atoms with van der Waals surface area (Å²) in [6.07, 6.45) is 7.40. The first-order valence-corrected chi connectivity index (χ1v) is 12.1. The highest BCUT2D eigenvalue weighted by Crippen LogP contribution is 2.50. The minimum atomic E-state index is -3.64. The average Bonchev–Trinajstić information content (AvgIpc) is 3.36. The molecule has 2 aliphatic carbocycles. The number of methoxy groups -OCH3 is 1. The number of aromatic nitrogens is 2. The molecule has 0 saturated heterocycles. The molecular formula is C22H29N3O5S. The number of fused-ring (bicyclic) bond motifs is 2. The highest BCUT2D eigenvalue weighted by atomic mass is 32.2. The molecule has 1 spiro atoms. The maximum absolute atomic E-state index is 12.2. The lowest BCUT2D eigenvalue weighted by molar-refractivity contribution is -0.147. The molecule has 2 aliphatic rings. The van der Waals surface area contributed by atoms with Crippen molar-refractivity contribution in [1.29, 1.82) is 0 Å². The SMILES string of the molecule is COC(=O)C1CCC2(CCc3ccc(OCCNS(=O)(=O)c4ccn(C)n4)cc32)CC1. The van der Waals surface area contributed by atoms with E-state index < -0.39 is 10.0 Å². The monoisotopic (exact) mass is 447 g/mol. The van der Waals surface area contributed by atoms with Gasteiger partial charge in [-0.1, -0.05) is 6.07 Å². The van der Waals surface area contributed by atoms with Crippen molar-refractivity contribution in [2.75, 3.05) is 20.3 Å². The molecule has 0 amide bonds. The van der Waals surface area contributed by atoms with E-state index in [2.05, 4.69) is 22.0 Å². The van der Waals surface area contributed by atoms with Gasteiger partial charge in [0, 0.05) is 19.8 Å². The van der Waals surface area contributed by atoms with E-state index in [4.69, 9.17) is 9.47 Å². The van der Waals surface area contributed by atoms with Crippen LogP contribution in [-0.2, 0) is 38.4 Å². The van der Waals surface area contributed by atoms with Gasteiger partial charge in [-0.2, -0.15) is 5.10 Å². The summed E-state index contributed by atoms with van der Waals surface area (Å²) in [6, 6.07) is 7.63. The molecule has 8 nitrogen and oxygen atoms in total. The fourth-order valence-electron chi connectivity index (χ4n) is 4.91. The zero-order valence-corrected chi connectivity index (χ0v) is 18.8. The molecule has 2 aromatic rings. The molecule has 9 heteroatoms. The van der Waals surface area contributed by atoms with Gasteiger partial charge >= 0.3 is 5.97 Å². The number of hydrogen-bond donors (Lipinski definition) is 1. The smallest absolute Gasteiger partial charge is 0.308 e. The summed E-state index contributed by atoms with van der Waals surface area (Å²) >= 11 is 0. The molecule has 31 heavy (non-hydrogen) atoms. The van der Waals surface area contributed by atoms with Gasteiger partial charge in [0.1, 0.15) is 12.4 Å². The van der Waals surface area contributed by atoms with Crippen LogP contribution in [0.25, 0.3) is 0 Å². The van der Waals surface area contributed by atoms with Gasteiger partial charge in [0.25, 0.3) is 10.0 Å². The molecule has 0 aliphatic heterocycles. The largest absolute Gasteiger partial charge is 0.492 e. The van der Waals surface area contributed by atoms with Crippen molar-refractivity contribution in [3.05, 3.63) is 41.6 Å². The third-order valence-electron chi connectivity index (χ3n) is 6.63. The Balaban J connectivity index is 1.36. The van der Waals surface area contributed by atoms with E-state index in [1.807, 2.05) is 6.07 Å². The zero-order valence-electron chi connectivity index (χ0n) is 18.0.